The molecule has 0 aliphatic heterocycles. The van der Waals surface area contributed by atoms with Crippen molar-refractivity contribution in [2.24, 2.45) is 0 Å². The lowest BCUT2D eigenvalue weighted by molar-refractivity contribution is -0.112. The first-order valence-corrected chi connectivity index (χ1v) is 10.2. The number of carbonyl (C=O) groups is 1. The monoisotopic (exact) mass is 462 g/mol. The molecule has 0 bridgehead atoms. The molecule has 0 aliphatic rings. The molecule has 0 aliphatic carbocycles. The maximum atomic E-state index is 13.4. The van der Waals surface area contributed by atoms with Gasteiger partial charge in [0.2, 0.25) is 0 Å². The third kappa shape index (κ3) is 5.43. The number of halogens is 2. The maximum Gasteiger partial charge on any atom is 0.266 e. The molecule has 0 heterocycles. The fraction of sp³-hybridized carbons (Fsp3) is 0.120. The van der Waals surface area contributed by atoms with Gasteiger partial charge in [-0.2, -0.15) is 5.26 Å². The van der Waals surface area contributed by atoms with Crippen molar-refractivity contribution in [3.05, 3.63) is 104 Å². The third-order valence-electron chi connectivity index (χ3n) is 4.80. The molecular weight excluding hydrogens is 443 g/mol. The highest BCUT2D eigenvalue weighted by atomic mass is 79.9. The number of carbonyl (C=O) groups excluding carboxylic acids is 1. The van der Waals surface area contributed by atoms with E-state index in [0.29, 0.717) is 12.1 Å². The van der Waals surface area contributed by atoms with Crippen molar-refractivity contribution in [2.45, 2.75) is 20.3 Å². The summed E-state index contributed by atoms with van der Waals surface area (Å²) in [5, 5.41) is 12.2. The first-order valence-electron chi connectivity index (χ1n) is 9.39. The van der Waals surface area contributed by atoms with Gasteiger partial charge in [-0.05, 0) is 84.5 Å². The zero-order valence-corrected chi connectivity index (χ0v) is 18.3. The molecule has 0 saturated carbocycles. The molecule has 0 atom stereocenters. The minimum absolute atomic E-state index is 0.0120. The van der Waals surface area contributed by atoms with Crippen LogP contribution in [0.5, 0.6) is 0 Å². The van der Waals surface area contributed by atoms with Gasteiger partial charge in [-0.1, -0.05) is 46.3 Å². The maximum absolute atomic E-state index is 13.4. The van der Waals surface area contributed by atoms with Crippen molar-refractivity contribution >= 4 is 33.6 Å². The summed E-state index contributed by atoms with van der Waals surface area (Å²) in [7, 11) is 0. The minimum Gasteiger partial charge on any atom is -0.321 e. The molecule has 3 aromatic rings. The summed E-state index contributed by atoms with van der Waals surface area (Å²) in [5.74, 6) is -0.725. The Bertz CT molecular complexity index is 1180. The van der Waals surface area contributed by atoms with Crippen LogP contribution in [0, 0.1) is 31.0 Å². The molecular formula is C25H20BrFN2O. The van der Waals surface area contributed by atoms with Crippen LogP contribution < -0.4 is 5.32 Å². The van der Waals surface area contributed by atoms with Gasteiger partial charge >= 0.3 is 0 Å². The molecule has 0 unspecified atom stereocenters. The van der Waals surface area contributed by atoms with Crippen LogP contribution in [0.2, 0.25) is 0 Å². The molecule has 150 valence electrons. The number of nitrogens with zero attached hydrogens (tertiary/aromatic N) is 1. The summed E-state index contributed by atoms with van der Waals surface area (Å²) >= 11 is 3.53. The van der Waals surface area contributed by atoms with Gasteiger partial charge in [0, 0.05) is 10.2 Å². The van der Waals surface area contributed by atoms with Crippen LogP contribution >= 0.6 is 15.9 Å². The predicted octanol–water partition coefficient (Wildman–Crippen LogP) is 6.34. The highest BCUT2D eigenvalue weighted by molar-refractivity contribution is 9.10. The first-order chi connectivity index (χ1) is 14.4. The minimum atomic E-state index is -0.458. The second kappa shape index (κ2) is 9.51. The predicted molar refractivity (Wildman–Crippen MR) is 121 cm³/mol. The van der Waals surface area contributed by atoms with Crippen LogP contribution in [0.4, 0.5) is 10.1 Å². The summed E-state index contributed by atoms with van der Waals surface area (Å²) in [6, 6.07) is 19.6. The summed E-state index contributed by atoms with van der Waals surface area (Å²) in [4.78, 5) is 12.5. The Morgan fingerprint density at radius 2 is 1.90 bits per heavy atom. The third-order valence-corrected chi connectivity index (χ3v) is 5.54. The van der Waals surface area contributed by atoms with E-state index in [9.17, 15) is 14.4 Å². The van der Waals surface area contributed by atoms with E-state index < -0.39 is 5.91 Å². The lowest BCUT2D eigenvalue weighted by Gasteiger charge is -2.08. The van der Waals surface area contributed by atoms with E-state index in [1.165, 1.54) is 12.1 Å². The molecule has 3 aromatic carbocycles. The Morgan fingerprint density at radius 3 is 2.57 bits per heavy atom. The quantitative estimate of drug-likeness (QED) is 0.355. The number of anilines is 1. The average Bonchev–Trinajstić information content (AvgIpc) is 2.71. The van der Waals surface area contributed by atoms with E-state index in [0.717, 1.165) is 32.3 Å². The highest BCUT2D eigenvalue weighted by Gasteiger charge is 2.11. The number of nitriles is 1. The summed E-state index contributed by atoms with van der Waals surface area (Å²) in [5.41, 5.74) is 5.42. The van der Waals surface area contributed by atoms with E-state index in [1.807, 2.05) is 62.4 Å². The Morgan fingerprint density at radius 1 is 1.10 bits per heavy atom. The van der Waals surface area contributed by atoms with E-state index in [4.69, 9.17) is 0 Å². The molecule has 1 amide bonds. The average molecular weight is 463 g/mol. The van der Waals surface area contributed by atoms with Crippen molar-refractivity contribution in [1.82, 2.24) is 0 Å². The molecule has 0 saturated heterocycles. The molecule has 1 N–H and O–H groups in total. The highest BCUT2D eigenvalue weighted by Crippen LogP contribution is 2.24. The Balaban J connectivity index is 1.78. The summed E-state index contributed by atoms with van der Waals surface area (Å²) in [6.07, 6.45) is 2.12. The van der Waals surface area contributed by atoms with Gasteiger partial charge < -0.3 is 5.32 Å². The number of nitrogens with one attached hydrogen (secondary N) is 1. The van der Waals surface area contributed by atoms with Crippen LogP contribution in [0.1, 0.15) is 27.8 Å². The number of rotatable bonds is 5. The molecule has 3 nitrogen and oxygen atoms in total. The van der Waals surface area contributed by atoms with Gasteiger partial charge in [0.25, 0.3) is 5.91 Å². The van der Waals surface area contributed by atoms with Crippen molar-refractivity contribution in [1.29, 1.82) is 5.26 Å². The van der Waals surface area contributed by atoms with Crippen LogP contribution in [-0.2, 0) is 11.2 Å². The Labute approximate surface area is 184 Å². The Hall–Kier alpha value is -3.23. The molecule has 3 rings (SSSR count). The smallest absolute Gasteiger partial charge is 0.266 e. The topological polar surface area (TPSA) is 52.9 Å². The second-order valence-corrected chi connectivity index (χ2v) is 7.93. The molecule has 0 fully saturated rings. The van der Waals surface area contributed by atoms with Gasteiger partial charge in [-0.3, -0.25) is 4.79 Å². The van der Waals surface area contributed by atoms with Gasteiger partial charge in [0.1, 0.15) is 17.5 Å². The molecule has 0 spiro atoms. The van der Waals surface area contributed by atoms with Crippen molar-refractivity contribution < 1.29 is 9.18 Å². The van der Waals surface area contributed by atoms with Gasteiger partial charge in [0.15, 0.2) is 0 Å². The zero-order chi connectivity index (χ0) is 21.7. The van der Waals surface area contributed by atoms with Crippen LogP contribution in [0.25, 0.3) is 6.08 Å². The van der Waals surface area contributed by atoms with Crippen molar-refractivity contribution in [3.63, 3.8) is 0 Å². The molecule has 5 heteroatoms. The van der Waals surface area contributed by atoms with Crippen molar-refractivity contribution in [3.8, 4) is 6.07 Å². The fourth-order valence-electron chi connectivity index (χ4n) is 3.00. The van der Waals surface area contributed by atoms with E-state index in [1.54, 1.807) is 12.1 Å². The molecule has 0 radical (unpaired) electrons. The normalized spacial score (nSPS) is 11.1. The lowest BCUT2D eigenvalue weighted by Crippen LogP contribution is -2.13. The second-order valence-electron chi connectivity index (χ2n) is 7.08. The molecule has 0 aromatic heterocycles. The Kier molecular flexibility index (Phi) is 6.81. The van der Waals surface area contributed by atoms with E-state index >= 15 is 0 Å². The van der Waals surface area contributed by atoms with Gasteiger partial charge in [-0.25, -0.2) is 4.39 Å². The zero-order valence-electron chi connectivity index (χ0n) is 16.7. The van der Waals surface area contributed by atoms with Gasteiger partial charge in [-0.15, -0.1) is 0 Å². The number of benzene rings is 3. The van der Waals surface area contributed by atoms with E-state index in [-0.39, 0.29) is 11.4 Å². The fourth-order valence-corrected chi connectivity index (χ4v) is 3.53. The standard InChI is InChI=1S/C25H20BrFN2O/c1-16-6-9-23(10-17(16)2)29-25(30)21(15-28)12-19-7-8-20(24(26)14-19)11-18-4-3-5-22(27)13-18/h3-10,12-14H,11H2,1-2H3,(H,29,30)/b21-12+. The lowest BCUT2D eigenvalue weighted by atomic mass is 10.0. The van der Waals surface area contributed by atoms with Crippen LogP contribution in [-0.4, -0.2) is 5.91 Å². The summed E-state index contributed by atoms with van der Waals surface area (Å²) < 4.78 is 14.2. The van der Waals surface area contributed by atoms with Crippen LogP contribution in [0.3, 0.4) is 0 Å². The number of amides is 1. The number of aryl methyl sites for hydroxylation is 2. The number of hydrogen-bond acceptors (Lipinski definition) is 2. The number of hydrogen-bond donors (Lipinski definition) is 1. The van der Waals surface area contributed by atoms with Crippen LogP contribution in [0.15, 0.2) is 70.7 Å². The first kappa shape index (κ1) is 21.5. The van der Waals surface area contributed by atoms with E-state index in [2.05, 4.69) is 21.2 Å². The SMILES string of the molecule is Cc1ccc(NC(=O)/C(C#N)=C/c2ccc(Cc3cccc(F)c3)c(Br)c2)cc1C. The van der Waals surface area contributed by atoms with Crippen molar-refractivity contribution in [2.75, 3.05) is 5.32 Å². The summed E-state index contributed by atoms with van der Waals surface area (Å²) in [6.45, 7) is 3.96. The van der Waals surface area contributed by atoms with Gasteiger partial charge in [0.05, 0.1) is 0 Å². The molecule has 30 heavy (non-hydrogen) atoms. The largest absolute Gasteiger partial charge is 0.321 e.